The van der Waals surface area contributed by atoms with Crippen LogP contribution in [0, 0.1) is 0 Å². The summed E-state index contributed by atoms with van der Waals surface area (Å²) < 4.78 is 5.62. The van der Waals surface area contributed by atoms with Gasteiger partial charge in [-0.05, 0) is 25.0 Å². The summed E-state index contributed by atoms with van der Waals surface area (Å²) in [5, 5.41) is 3.05. The normalized spacial score (nSPS) is 19.8. The zero-order valence-corrected chi connectivity index (χ0v) is 9.94. The molecule has 1 aromatic rings. The maximum atomic E-state index is 5.62. The van der Waals surface area contributed by atoms with Crippen LogP contribution in [0.1, 0.15) is 12.8 Å². The number of pyridine rings is 1. The average Bonchev–Trinajstić information content (AvgIpc) is 2.82. The Morgan fingerprint density at radius 3 is 3.12 bits per heavy atom. The molecule has 0 aromatic carbocycles. The van der Waals surface area contributed by atoms with Crippen molar-refractivity contribution >= 4 is 11.6 Å². The van der Waals surface area contributed by atoms with Crippen LogP contribution >= 0.6 is 0 Å². The van der Waals surface area contributed by atoms with Crippen LogP contribution in [0.2, 0.25) is 0 Å². The Kier molecular flexibility index (Phi) is 3.62. The van der Waals surface area contributed by atoms with Gasteiger partial charge in [0, 0.05) is 27.2 Å². The molecule has 1 aromatic heterocycles. The number of anilines is 2. The van der Waals surface area contributed by atoms with E-state index in [2.05, 4.69) is 22.2 Å². The lowest BCUT2D eigenvalue weighted by molar-refractivity contribution is 0.116. The highest BCUT2D eigenvalue weighted by Crippen LogP contribution is 2.17. The van der Waals surface area contributed by atoms with Gasteiger partial charge in [-0.2, -0.15) is 0 Å². The molecule has 0 radical (unpaired) electrons. The summed E-state index contributed by atoms with van der Waals surface area (Å²) in [5.74, 6) is 1.89. The van der Waals surface area contributed by atoms with Gasteiger partial charge in [-0.15, -0.1) is 0 Å². The minimum atomic E-state index is 0.366. The molecule has 2 heterocycles. The van der Waals surface area contributed by atoms with Crippen LogP contribution in [0.4, 0.5) is 11.6 Å². The van der Waals surface area contributed by atoms with Crippen molar-refractivity contribution in [2.24, 2.45) is 0 Å². The summed E-state index contributed by atoms with van der Waals surface area (Å²) in [6.07, 6.45) is 2.71. The SMILES string of the molecule is CNc1cccc(N(C)CC2CCCO2)n1. The molecule has 1 aliphatic rings. The molecule has 4 heteroatoms. The zero-order chi connectivity index (χ0) is 11.4. The topological polar surface area (TPSA) is 37.4 Å². The lowest BCUT2D eigenvalue weighted by Crippen LogP contribution is -2.29. The number of aromatic nitrogens is 1. The third-order valence-electron chi connectivity index (χ3n) is 2.88. The second-order valence-corrected chi connectivity index (χ2v) is 4.15. The van der Waals surface area contributed by atoms with Crippen molar-refractivity contribution in [3.63, 3.8) is 0 Å². The minimum absolute atomic E-state index is 0.366. The predicted octanol–water partition coefficient (Wildman–Crippen LogP) is 1.74. The van der Waals surface area contributed by atoms with E-state index in [9.17, 15) is 0 Å². The van der Waals surface area contributed by atoms with Crippen molar-refractivity contribution in [1.29, 1.82) is 0 Å². The van der Waals surface area contributed by atoms with Crippen LogP contribution < -0.4 is 10.2 Å². The maximum Gasteiger partial charge on any atom is 0.130 e. The molecule has 1 unspecified atom stereocenters. The van der Waals surface area contributed by atoms with Crippen LogP contribution in [0.3, 0.4) is 0 Å². The summed E-state index contributed by atoms with van der Waals surface area (Å²) in [6.45, 7) is 1.82. The first kappa shape index (κ1) is 11.2. The molecule has 0 saturated carbocycles. The predicted molar refractivity (Wildman–Crippen MR) is 66.0 cm³/mol. The van der Waals surface area contributed by atoms with Gasteiger partial charge in [-0.25, -0.2) is 4.98 Å². The van der Waals surface area contributed by atoms with Crippen molar-refractivity contribution < 1.29 is 4.74 Å². The van der Waals surface area contributed by atoms with Crippen LogP contribution in [-0.4, -0.2) is 38.3 Å². The van der Waals surface area contributed by atoms with Crippen molar-refractivity contribution in [2.75, 3.05) is 37.5 Å². The summed E-state index contributed by atoms with van der Waals surface area (Å²) in [6, 6.07) is 6.00. The van der Waals surface area contributed by atoms with E-state index < -0.39 is 0 Å². The van der Waals surface area contributed by atoms with Crippen molar-refractivity contribution in [1.82, 2.24) is 4.98 Å². The number of nitrogens with one attached hydrogen (secondary N) is 1. The monoisotopic (exact) mass is 221 g/mol. The fraction of sp³-hybridized carbons (Fsp3) is 0.583. The van der Waals surface area contributed by atoms with Crippen molar-refractivity contribution in [2.45, 2.75) is 18.9 Å². The Morgan fingerprint density at radius 2 is 2.44 bits per heavy atom. The van der Waals surface area contributed by atoms with Gasteiger partial charge in [0.15, 0.2) is 0 Å². The second kappa shape index (κ2) is 5.16. The van der Waals surface area contributed by atoms with Crippen LogP contribution in [-0.2, 0) is 4.74 Å². The molecule has 0 spiro atoms. The Labute approximate surface area is 96.6 Å². The highest BCUT2D eigenvalue weighted by atomic mass is 16.5. The van der Waals surface area contributed by atoms with Gasteiger partial charge >= 0.3 is 0 Å². The molecule has 1 aliphatic heterocycles. The second-order valence-electron chi connectivity index (χ2n) is 4.15. The summed E-state index contributed by atoms with van der Waals surface area (Å²) in [5.41, 5.74) is 0. The van der Waals surface area contributed by atoms with Crippen molar-refractivity contribution in [3.8, 4) is 0 Å². The van der Waals surface area contributed by atoms with E-state index in [1.807, 2.05) is 25.2 Å². The van der Waals surface area contributed by atoms with Crippen LogP contribution in [0.15, 0.2) is 18.2 Å². The fourth-order valence-corrected chi connectivity index (χ4v) is 1.96. The first-order chi connectivity index (χ1) is 7.79. The number of rotatable bonds is 4. The molecule has 1 saturated heterocycles. The Balaban J connectivity index is 1.98. The summed E-state index contributed by atoms with van der Waals surface area (Å²) in [4.78, 5) is 6.64. The van der Waals surface area contributed by atoms with Gasteiger partial charge in [0.1, 0.15) is 11.6 Å². The summed E-state index contributed by atoms with van der Waals surface area (Å²) in [7, 11) is 3.94. The maximum absolute atomic E-state index is 5.62. The molecule has 1 fully saturated rings. The fourth-order valence-electron chi connectivity index (χ4n) is 1.96. The van der Waals surface area contributed by atoms with Gasteiger partial charge < -0.3 is 15.0 Å². The molecule has 16 heavy (non-hydrogen) atoms. The number of ether oxygens (including phenoxy) is 1. The van der Waals surface area contributed by atoms with Gasteiger partial charge in [0.2, 0.25) is 0 Å². The van der Waals surface area contributed by atoms with E-state index in [0.717, 1.165) is 31.2 Å². The average molecular weight is 221 g/mol. The molecular weight excluding hydrogens is 202 g/mol. The highest BCUT2D eigenvalue weighted by molar-refractivity contribution is 5.46. The third kappa shape index (κ3) is 2.64. The van der Waals surface area contributed by atoms with Gasteiger partial charge in [-0.1, -0.05) is 6.07 Å². The molecule has 4 nitrogen and oxygen atoms in total. The smallest absolute Gasteiger partial charge is 0.130 e. The molecule has 2 rings (SSSR count). The summed E-state index contributed by atoms with van der Waals surface area (Å²) >= 11 is 0. The number of likely N-dealkylation sites (N-methyl/N-ethyl adjacent to an activating group) is 1. The molecular formula is C12H19N3O. The Bertz CT molecular complexity index is 337. The number of hydrogen-bond acceptors (Lipinski definition) is 4. The molecule has 0 aliphatic carbocycles. The third-order valence-corrected chi connectivity index (χ3v) is 2.88. The quantitative estimate of drug-likeness (QED) is 0.840. The minimum Gasteiger partial charge on any atom is -0.376 e. The Morgan fingerprint density at radius 1 is 1.56 bits per heavy atom. The number of hydrogen-bond donors (Lipinski definition) is 1. The molecule has 1 atom stereocenters. The first-order valence-electron chi connectivity index (χ1n) is 5.77. The van der Waals surface area contributed by atoms with Crippen LogP contribution in [0.25, 0.3) is 0 Å². The molecule has 88 valence electrons. The van der Waals surface area contributed by atoms with E-state index in [1.165, 1.54) is 6.42 Å². The lowest BCUT2D eigenvalue weighted by atomic mass is 10.2. The van der Waals surface area contributed by atoms with E-state index in [1.54, 1.807) is 0 Å². The highest BCUT2D eigenvalue weighted by Gasteiger charge is 2.17. The van der Waals surface area contributed by atoms with Gasteiger partial charge in [0.05, 0.1) is 6.10 Å². The molecule has 0 amide bonds. The largest absolute Gasteiger partial charge is 0.376 e. The van der Waals surface area contributed by atoms with Crippen molar-refractivity contribution in [3.05, 3.63) is 18.2 Å². The van der Waals surface area contributed by atoms with E-state index in [0.29, 0.717) is 6.10 Å². The van der Waals surface area contributed by atoms with Gasteiger partial charge in [0.25, 0.3) is 0 Å². The molecule has 0 bridgehead atoms. The van der Waals surface area contributed by atoms with Crippen LogP contribution in [0.5, 0.6) is 0 Å². The Hall–Kier alpha value is -1.29. The zero-order valence-electron chi connectivity index (χ0n) is 9.94. The van der Waals surface area contributed by atoms with E-state index in [-0.39, 0.29) is 0 Å². The standard InChI is InChI=1S/C12H19N3O/c1-13-11-6-3-7-12(14-11)15(2)9-10-5-4-8-16-10/h3,6-7,10H,4-5,8-9H2,1-2H3,(H,13,14). The molecule has 1 N–H and O–H groups in total. The van der Waals surface area contributed by atoms with E-state index in [4.69, 9.17) is 4.74 Å². The lowest BCUT2D eigenvalue weighted by Gasteiger charge is -2.22. The van der Waals surface area contributed by atoms with Gasteiger partial charge in [-0.3, -0.25) is 0 Å². The first-order valence-corrected chi connectivity index (χ1v) is 5.77. The number of nitrogens with zero attached hydrogens (tertiary/aromatic N) is 2. The van der Waals surface area contributed by atoms with E-state index >= 15 is 0 Å².